The minimum atomic E-state index is 0.0807. The van der Waals surface area contributed by atoms with Crippen LogP contribution in [0.1, 0.15) is 38.3 Å². The van der Waals surface area contributed by atoms with Crippen molar-refractivity contribution >= 4 is 16.9 Å². The van der Waals surface area contributed by atoms with Gasteiger partial charge in [0.05, 0.1) is 12.2 Å². The van der Waals surface area contributed by atoms with E-state index in [2.05, 4.69) is 21.7 Å². The Balaban J connectivity index is 1.63. The van der Waals surface area contributed by atoms with Crippen LogP contribution in [0.2, 0.25) is 0 Å². The molecule has 0 aromatic carbocycles. The molecule has 4 heterocycles. The van der Waals surface area contributed by atoms with E-state index in [9.17, 15) is 4.79 Å². The van der Waals surface area contributed by atoms with Crippen molar-refractivity contribution in [2.45, 2.75) is 51.4 Å². The SMILES string of the molecule is C[C@@H]1CN(C(=O)Cn2c(C3CCOCC3)cc3cccnc32)C[C@@H](C)O1. The van der Waals surface area contributed by atoms with E-state index in [0.717, 1.165) is 37.1 Å². The van der Waals surface area contributed by atoms with Gasteiger partial charge in [-0.25, -0.2) is 4.98 Å². The van der Waals surface area contributed by atoms with E-state index in [1.165, 1.54) is 5.69 Å². The number of carbonyl (C=O) groups excluding carboxylic acids is 1. The van der Waals surface area contributed by atoms with Crippen LogP contribution in [0.4, 0.5) is 0 Å². The molecule has 4 rings (SSSR count). The van der Waals surface area contributed by atoms with Crippen molar-refractivity contribution in [3.05, 3.63) is 30.1 Å². The summed E-state index contributed by atoms with van der Waals surface area (Å²) in [4.78, 5) is 19.5. The zero-order chi connectivity index (χ0) is 18.1. The molecule has 2 fully saturated rings. The number of hydrogen-bond acceptors (Lipinski definition) is 4. The summed E-state index contributed by atoms with van der Waals surface area (Å²) in [5, 5.41) is 1.10. The van der Waals surface area contributed by atoms with Crippen LogP contribution in [0.25, 0.3) is 11.0 Å². The molecule has 2 aromatic heterocycles. The zero-order valence-corrected chi connectivity index (χ0v) is 15.6. The van der Waals surface area contributed by atoms with Gasteiger partial charge < -0.3 is 18.9 Å². The van der Waals surface area contributed by atoms with Gasteiger partial charge in [-0.3, -0.25) is 4.79 Å². The van der Waals surface area contributed by atoms with E-state index in [-0.39, 0.29) is 18.1 Å². The summed E-state index contributed by atoms with van der Waals surface area (Å²) in [5.41, 5.74) is 2.11. The highest BCUT2D eigenvalue weighted by Crippen LogP contribution is 2.31. The molecular weight excluding hydrogens is 330 g/mol. The average Bonchev–Trinajstić information content (AvgIpc) is 3.00. The van der Waals surface area contributed by atoms with Gasteiger partial charge in [0.1, 0.15) is 12.2 Å². The number of aromatic nitrogens is 2. The predicted octanol–water partition coefficient (Wildman–Crippen LogP) is 2.57. The molecule has 140 valence electrons. The number of fused-ring (bicyclic) bond motifs is 1. The molecule has 0 N–H and O–H groups in total. The van der Waals surface area contributed by atoms with Crippen LogP contribution in [0, 0.1) is 0 Å². The number of rotatable bonds is 3. The number of hydrogen-bond donors (Lipinski definition) is 0. The quantitative estimate of drug-likeness (QED) is 0.847. The van der Waals surface area contributed by atoms with Gasteiger partial charge in [-0.05, 0) is 44.9 Å². The summed E-state index contributed by atoms with van der Waals surface area (Å²) in [6, 6.07) is 6.23. The topological polar surface area (TPSA) is 56.6 Å². The molecule has 2 aromatic rings. The van der Waals surface area contributed by atoms with Gasteiger partial charge in [0, 0.05) is 49.5 Å². The highest BCUT2D eigenvalue weighted by molar-refractivity contribution is 5.82. The summed E-state index contributed by atoms with van der Waals surface area (Å²) in [6.45, 7) is 7.27. The van der Waals surface area contributed by atoms with Gasteiger partial charge in [0.2, 0.25) is 5.91 Å². The number of morpholine rings is 1. The number of amides is 1. The van der Waals surface area contributed by atoms with E-state index in [0.29, 0.717) is 25.6 Å². The maximum atomic E-state index is 13.0. The molecule has 2 aliphatic heterocycles. The molecule has 6 nitrogen and oxygen atoms in total. The van der Waals surface area contributed by atoms with E-state index in [1.54, 1.807) is 6.20 Å². The molecule has 0 aliphatic carbocycles. The van der Waals surface area contributed by atoms with E-state index in [4.69, 9.17) is 9.47 Å². The molecule has 0 bridgehead atoms. The fraction of sp³-hybridized carbons (Fsp3) is 0.600. The summed E-state index contributed by atoms with van der Waals surface area (Å²) in [6.07, 6.45) is 3.96. The first-order valence-corrected chi connectivity index (χ1v) is 9.57. The molecule has 0 radical (unpaired) electrons. The van der Waals surface area contributed by atoms with Crippen LogP contribution >= 0.6 is 0 Å². The molecule has 1 amide bonds. The lowest BCUT2D eigenvalue weighted by atomic mass is 9.96. The van der Waals surface area contributed by atoms with Gasteiger partial charge in [0.15, 0.2) is 0 Å². The van der Waals surface area contributed by atoms with Gasteiger partial charge in [-0.2, -0.15) is 0 Å². The highest BCUT2D eigenvalue weighted by Gasteiger charge is 2.28. The van der Waals surface area contributed by atoms with Crippen LogP contribution in [-0.4, -0.2) is 58.9 Å². The Bertz CT molecular complexity index is 772. The summed E-state index contributed by atoms with van der Waals surface area (Å²) in [5.74, 6) is 0.566. The lowest BCUT2D eigenvalue weighted by molar-refractivity contribution is -0.143. The Morgan fingerprint density at radius 2 is 1.96 bits per heavy atom. The van der Waals surface area contributed by atoms with Crippen LogP contribution in [0.5, 0.6) is 0 Å². The van der Waals surface area contributed by atoms with Crippen LogP contribution in [0.15, 0.2) is 24.4 Å². The first-order valence-electron chi connectivity index (χ1n) is 9.57. The molecule has 2 saturated heterocycles. The van der Waals surface area contributed by atoms with Crippen molar-refractivity contribution in [3.63, 3.8) is 0 Å². The molecular formula is C20H27N3O3. The van der Waals surface area contributed by atoms with Crippen molar-refractivity contribution < 1.29 is 14.3 Å². The van der Waals surface area contributed by atoms with Crippen LogP contribution in [-0.2, 0) is 20.8 Å². The molecule has 0 spiro atoms. The second-order valence-electron chi connectivity index (χ2n) is 7.51. The van der Waals surface area contributed by atoms with Gasteiger partial charge in [0.25, 0.3) is 0 Å². The maximum absolute atomic E-state index is 13.0. The van der Waals surface area contributed by atoms with E-state index < -0.39 is 0 Å². The maximum Gasteiger partial charge on any atom is 0.242 e. The number of carbonyl (C=O) groups is 1. The van der Waals surface area contributed by atoms with Crippen molar-refractivity contribution in [2.75, 3.05) is 26.3 Å². The first kappa shape index (κ1) is 17.5. The monoisotopic (exact) mass is 357 g/mol. The fourth-order valence-corrected chi connectivity index (χ4v) is 4.22. The Morgan fingerprint density at radius 1 is 1.23 bits per heavy atom. The summed E-state index contributed by atoms with van der Waals surface area (Å²) in [7, 11) is 0. The van der Waals surface area contributed by atoms with Crippen molar-refractivity contribution in [3.8, 4) is 0 Å². The predicted molar refractivity (Wildman–Crippen MR) is 99.1 cm³/mol. The summed E-state index contributed by atoms with van der Waals surface area (Å²) < 4.78 is 13.4. The number of pyridine rings is 1. The van der Waals surface area contributed by atoms with Gasteiger partial charge >= 0.3 is 0 Å². The zero-order valence-electron chi connectivity index (χ0n) is 15.6. The Kier molecular flexibility index (Phi) is 4.96. The molecule has 2 atom stereocenters. The van der Waals surface area contributed by atoms with Gasteiger partial charge in [-0.15, -0.1) is 0 Å². The molecule has 6 heteroatoms. The lowest BCUT2D eigenvalue weighted by Crippen LogP contribution is -2.49. The second-order valence-corrected chi connectivity index (χ2v) is 7.51. The number of nitrogens with zero attached hydrogens (tertiary/aromatic N) is 3. The summed E-state index contributed by atoms with van der Waals surface area (Å²) >= 11 is 0. The highest BCUT2D eigenvalue weighted by atomic mass is 16.5. The molecule has 0 unspecified atom stereocenters. The normalized spacial score (nSPS) is 24.9. The third-order valence-electron chi connectivity index (χ3n) is 5.39. The standard InChI is InChI=1S/C20H27N3O3/c1-14-11-22(12-15(2)26-14)19(24)13-23-18(16-5-8-25-9-6-16)10-17-4-3-7-21-20(17)23/h3-4,7,10,14-16H,5-6,8-9,11-13H2,1-2H3/t14-,15-/m1/s1. The molecule has 26 heavy (non-hydrogen) atoms. The van der Waals surface area contributed by atoms with E-state index >= 15 is 0 Å². The van der Waals surface area contributed by atoms with Crippen molar-refractivity contribution in [1.29, 1.82) is 0 Å². The first-order chi connectivity index (χ1) is 12.6. The number of ether oxygens (including phenoxy) is 2. The fourth-order valence-electron chi connectivity index (χ4n) is 4.22. The Morgan fingerprint density at radius 3 is 2.69 bits per heavy atom. The molecule has 2 aliphatic rings. The van der Waals surface area contributed by atoms with Crippen molar-refractivity contribution in [2.24, 2.45) is 0 Å². The van der Waals surface area contributed by atoms with Crippen molar-refractivity contribution in [1.82, 2.24) is 14.5 Å². The van der Waals surface area contributed by atoms with E-state index in [1.807, 2.05) is 24.8 Å². The van der Waals surface area contributed by atoms with Crippen LogP contribution in [0.3, 0.4) is 0 Å². The Hall–Kier alpha value is -1.92. The third-order valence-corrected chi connectivity index (χ3v) is 5.39. The largest absolute Gasteiger partial charge is 0.381 e. The van der Waals surface area contributed by atoms with Crippen LogP contribution < -0.4 is 0 Å². The average molecular weight is 357 g/mol. The van der Waals surface area contributed by atoms with Gasteiger partial charge in [-0.1, -0.05) is 0 Å². The minimum absolute atomic E-state index is 0.0807. The smallest absolute Gasteiger partial charge is 0.242 e. The minimum Gasteiger partial charge on any atom is -0.381 e. The Labute approximate surface area is 154 Å². The third kappa shape index (κ3) is 3.48. The molecule has 0 saturated carbocycles. The lowest BCUT2D eigenvalue weighted by Gasteiger charge is -2.35. The second kappa shape index (κ2) is 7.37.